The number of hydrogen-bond acceptors (Lipinski definition) is 4. The molecule has 53 heavy (non-hydrogen) atoms. The van der Waals surface area contributed by atoms with Gasteiger partial charge in [0.15, 0.2) is 11.4 Å². The van der Waals surface area contributed by atoms with Crippen molar-refractivity contribution in [3.63, 3.8) is 0 Å². The minimum absolute atomic E-state index is 0.0516. The van der Waals surface area contributed by atoms with Gasteiger partial charge in [-0.25, -0.2) is 9.97 Å². The smallest absolute Gasteiger partial charge is 0.177 e. The van der Waals surface area contributed by atoms with Crippen molar-refractivity contribution < 1.29 is 0 Å². The molecule has 10 aromatic rings. The van der Waals surface area contributed by atoms with E-state index in [2.05, 4.69) is 165 Å². The lowest BCUT2D eigenvalue weighted by Gasteiger charge is -2.16. The SMILES string of the molecule is N#Cc1nc2c(nc1C#N)-c1ccc(Cc3cc(-n4c5ccccc5c5ccccc54)cc(-n4c5ccccc5c5ccccc54)c3)c3cccc-2c13. The molecule has 0 spiro atoms. The first-order valence-electron chi connectivity index (χ1n) is 17.6. The number of benzene rings is 7. The maximum atomic E-state index is 9.71. The number of hydrogen-bond donors (Lipinski definition) is 0. The summed E-state index contributed by atoms with van der Waals surface area (Å²) in [7, 11) is 0. The summed E-state index contributed by atoms with van der Waals surface area (Å²) >= 11 is 0. The van der Waals surface area contributed by atoms with Crippen molar-refractivity contribution in [1.29, 1.82) is 10.5 Å². The number of aromatic nitrogens is 4. The van der Waals surface area contributed by atoms with E-state index < -0.39 is 0 Å². The van der Waals surface area contributed by atoms with Gasteiger partial charge in [0.25, 0.3) is 0 Å². The van der Waals surface area contributed by atoms with Crippen LogP contribution in [0.3, 0.4) is 0 Å². The second kappa shape index (κ2) is 11.0. The van der Waals surface area contributed by atoms with Crippen LogP contribution in [0.5, 0.6) is 0 Å². The van der Waals surface area contributed by atoms with Gasteiger partial charge in [-0.1, -0.05) is 103 Å². The fourth-order valence-electron chi connectivity index (χ4n) is 8.62. The van der Waals surface area contributed by atoms with E-state index in [1.165, 1.54) is 32.7 Å². The zero-order valence-electron chi connectivity index (χ0n) is 28.2. The molecule has 0 fully saturated rings. The first kappa shape index (κ1) is 29.2. The minimum atomic E-state index is 0.0516. The molecule has 0 bridgehead atoms. The van der Waals surface area contributed by atoms with Crippen LogP contribution in [-0.2, 0) is 6.42 Å². The maximum Gasteiger partial charge on any atom is 0.177 e. The number of nitrogens with zero attached hydrogens (tertiary/aromatic N) is 6. The van der Waals surface area contributed by atoms with E-state index in [0.717, 1.165) is 55.3 Å². The van der Waals surface area contributed by atoms with Crippen molar-refractivity contribution in [3.05, 3.63) is 168 Å². The molecule has 11 rings (SSSR count). The van der Waals surface area contributed by atoms with Crippen molar-refractivity contribution in [2.45, 2.75) is 6.42 Å². The van der Waals surface area contributed by atoms with Gasteiger partial charge >= 0.3 is 0 Å². The average Bonchev–Trinajstić information content (AvgIpc) is 3.84. The van der Waals surface area contributed by atoms with E-state index in [9.17, 15) is 10.5 Å². The Hall–Kier alpha value is -7.54. The predicted octanol–water partition coefficient (Wildman–Crippen LogP) is 10.8. The second-order valence-corrected chi connectivity index (χ2v) is 13.6. The third kappa shape index (κ3) is 4.12. The molecule has 1 aliphatic rings. The lowest BCUT2D eigenvalue weighted by atomic mass is 9.94. The molecular weight excluding hydrogens is 649 g/mol. The molecule has 0 amide bonds. The molecule has 0 unspecified atom stereocenters. The Morgan fingerprint density at radius 1 is 0.453 bits per heavy atom. The van der Waals surface area contributed by atoms with Gasteiger partial charge in [0.2, 0.25) is 0 Å². The molecule has 244 valence electrons. The highest BCUT2D eigenvalue weighted by Gasteiger charge is 2.27. The molecule has 0 N–H and O–H groups in total. The molecular formula is C47H26N6. The highest BCUT2D eigenvalue weighted by atomic mass is 15.0. The van der Waals surface area contributed by atoms with Crippen molar-refractivity contribution in [3.8, 4) is 46.0 Å². The molecule has 0 saturated carbocycles. The van der Waals surface area contributed by atoms with Crippen molar-refractivity contribution in [1.82, 2.24) is 19.1 Å². The zero-order valence-corrected chi connectivity index (χ0v) is 28.2. The van der Waals surface area contributed by atoms with Crippen LogP contribution in [0.15, 0.2) is 146 Å². The molecule has 0 atom stereocenters. The largest absolute Gasteiger partial charge is 0.309 e. The topological polar surface area (TPSA) is 83.2 Å². The molecule has 1 aliphatic carbocycles. The van der Waals surface area contributed by atoms with Crippen LogP contribution in [0, 0.1) is 22.7 Å². The van der Waals surface area contributed by atoms with E-state index in [1.54, 1.807) is 0 Å². The van der Waals surface area contributed by atoms with E-state index >= 15 is 0 Å². The Labute approximate surface area is 303 Å². The summed E-state index contributed by atoms with van der Waals surface area (Å²) in [6, 6.07) is 56.2. The summed E-state index contributed by atoms with van der Waals surface area (Å²) in [4.78, 5) is 9.25. The van der Waals surface area contributed by atoms with Crippen LogP contribution in [0.1, 0.15) is 22.5 Å². The van der Waals surface area contributed by atoms with Crippen LogP contribution < -0.4 is 0 Å². The zero-order chi connectivity index (χ0) is 35.2. The van der Waals surface area contributed by atoms with E-state index in [-0.39, 0.29) is 11.4 Å². The van der Waals surface area contributed by atoms with Crippen LogP contribution in [0.2, 0.25) is 0 Å². The minimum Gasteiger partial charge on any atom is -0.309 e. The first-order chi connectivity index (χ1) is 26.2. The monoisotopic (exact) mass is 674 g/mol. The van der Waals surface area contributed by atoms with Gasteiger partial charge < -0.3 is 9.13 Å². The normalized spacial score (nSPS) is 11.8. The van der Waals surface area contributed by atoms with Gasteiger partial charge in [0, 0.05) is 49.4 Å². The number of nitriles is 2. The molecule has 6 nitrogen and oxygen atoms in total. The van der Waals surface area contributed by atoms with E-state index in [0.29, 0.717) is 17.8 Å². The Morgan fingerprint density at radius 3 is 1.36 bits per heavy atom. The fraction of sp³-hybridized carbons (Fsp3) is 0.0213. The number of para-hydroxylation sites is 4. The van der Waals surface area contributed by atoms with Gasteiger partial charge in [-0.3, -0.25) is 0 Å². The fourth-order valence-corrected chi connectivity index (χ4v) is 8.62. The number of fused-ring (bicyclic) bond motifs is 9. The van der Waals surface area contributed by atoms with Crippen molar-refractivity contribution in [2.24, 2.45) is 0 Å². The summed E-state index contributed by atoms with van der Waals surface area (Å²) in [5, 5.41) is 26.5. The lowest BCUT2D eigenvalue weighted by molar-refractivity contribution is 1.10. The van der Waals surface area contributed by atoms with Gasteiger partial charge in [0.1, 0.15) is 12.1 Å². The third-order valence-corrected chi connectivity index (χ3v) is 10.8. The second-order valence-electron chi connectivity index (χ2n) is 13.6. The van der Waals surface area contributed by atoms with Crippen molar-refractivity contribution in [2.75, 3.05) is 0 Å². The standard InChI is InChI=1S/C47H26N6/c48-26-39-40(27-49)51-47-38-21-20-29(32-14-9-15-37(45(32)38)46(47)50-39)22-28-23-30(52-41-16-5-1-10-33(41)34-11-2-6-17-42(34)52)25-31(24-28)53-43-18-7-3-12-35(43)36-13-4-8-19-44(36)53/h1-21,23-25H,22H2. The van der Waals surface area contributed by atoms with Crippen LogP contribution >= 0.6 is 0 Å². The summed E-state index contributed by atoms with van der Waals surface area (Å²) in [6.45, 7) is 0. The molecule has 3 heterocycles. The molecule has 0 aliphatic heterocycles. The highest BCUT2D eigenvalue weighted by Crippen LogP contribution is 2.47. The first-order valence-corrected chi connectivity index (χ1v) is 17.6. The molecule has 0 saturated heterocycles. The highest BCUT2D eigenvalue weighted by molar-refractivity contribution is 6.15. The Kier molecular flexibility index (Phi) is 6.05. The molecule has 3 aromatic heterocycles. The van der Waals surface area contributed by atoms with E-state index in [1.807, 2.05) is 12.1 Å². The third-order valence-electron chi connectivity index (χ3n) is 10.8. The summed E-state index contributed by atoms with van der Waals surface area (Å²) in [6.07, 6.45) is 0.680. The van der Waals surface area contributed by atoms with Crippen LogP contribution in [0.25, 0.3) is 88.3 Å². The van der Waals surface area contributed by atoms with Crippen LogP contribution in [-0.4, -0.2) is 19.1 Å². The Bertz CT molecular complexity index is 3010. The Balaban J connectivity index is 1.16. The maximum absolute atomic E-state index is 9.71. The predicted molar refractivity (Wildman–Crippen MR) is 211 cm³/mol. The summed E-state index contributed by atoms with van der Waals surface area (Å²) < 4.78 is 4.79. The van der Waals surface area contributed by atoms with Gasteiger partial charge in [-0.2, -0.15) is 10.5 Å². The molecule has 6 heteroatoms. The van der Waals surface area contributed by atoms with Crippen LogP contribution in [0.4, 0.5) is 0 Å². The van der Waals surface area contributed by atoms with Gasteiger partial charge in [-0.15, -0.1) is 0 Å². The van der Waals surface area contributed by atoms with E-state index in [4.69, 9.17) is 0 Å². The molecule has 7 aromatic carbocycles. The van der Waals surface area contributed by atoms with Crippen molar-refractivity contribution >= 4 is 54.4 Å². The van der Waals surface area contributed by atoms with Gasteiger partial charge in [0.05, 0.1) is 33.5 Å². The summed E-state index contributed by atoms with van der Waals surface area (Å²) in [5.41, 5.74) is 12.5. The molecule has 0 radical (unpaired) electrons. The quantitative estimate of drug-likeness (QED) is 0.186. The average molecular weight is 675 g/mol. The Morgan fingerprint density at radius 2 is 0.887 bits per heavy atom. The lowest BCUT2D eigenvalue weighted by Crippen LogP contribution is -2.02. The van der Waals surface area contributed by atoms with Gasteiger partial charge in [-0.05, 0) is 65.4 Å². The summed E-state index contributed by atoms with van der Waals surface area (Å²) in [5.74, 6) is 0. The number of rotatable bonds is 4.